The molecular formula is C16H21N3S. The highest BCUT2D eigenvalue weighted by atomic mass is 32.1. The molecule has 106 valence electrons. The van der Waals surface area contributed by atoms with E-state index in [-0.39, 0.29) is 0 Å². The first-order chi connectivity index (χ1) is 9.72. The number of nitrogens with one attached hydrogen (secondary N) is 1. The van der Waals surface area contributed by atoms with E-state index in [0.717, 1.165) is 11.6 Å². The topological polar surface area (TPSA) is 28.2 Å². The average Bonchev–Trinajstić information content (AvgIpc) is 3.11. The van der Waals surface area contributed by atoms with Crippen molar-refractivity contribution >= 4 is 21.6 Å². The molecule has 1 aromatic heterocycles. The van der Waals surface area contributed by atoms with Gasteiger partial charge in [-0.2, -0.15) is 0 Å². The lowest BCUT2D eigenvalue weighted by molar-refractivity contribution is 0.269. The van der Waals surface area contributed by atoms with E-state index < -0.39 is 0 Å². The Balaban J connectivity index is 1.50. The number of rotatable bonds is 2. The van der Waals surface area contributed by atoms with Crippen LogP contribution in [0.1, 0.15) is 23.4 Å². The quantitative estimate of drug-likeness (QED) is 0.920. The SMILES string of the molecule is Cc1nc2cc(CN3CCC4(CCNC4)C3)ccc2s1. The third kappa shape index (κ3) is 2.26. The number of aryl methyl sites for hydroxylation is 1. The summed E-state index contributed by atoms with van der Waals surface area (Å²) in [7, 11) is 0. The number of likely N-dealkylation sites (tertiary alicyclic amines) is 1. The molecule has 0 saturated carbocycles. The largest absolute Gasteiger partial charge is 0.316 e. The highest BCUT2D eigenvalue weighted by Gasteiger charge is 2.39. The minimum atomic E-state index is 0.571. The maximum absolute atomic E-state index is 4.61. The molecule has 1 N–H and O–H groups in total. The standard InChI is InChI=1S/C16H21N3S/c1-12-18-14-8-13(2-3-15(14)20-12)9-19-7-5-16(11-19)4-6-17-10-16/h2-3,8,17H,4-7,9-11H2,1H3. The summed E-state index contributed by atoms with van der Waals surface area (Å²) in [6, 6.07) is 6.78. The van der Waals surface area contributed by atoms with Gasteiger partial charge < -0.3 is 5.32 Å². The third-order valence-corrected chi connectivity index (χ3v) is 5.77. The second-order valence-electron chi connectivity index (χ2n) is 6.42. The Morgan fingerprint density at radius 3 is 3.20 bits per heavy atom. The van der Waals surface area contributed by atoms with Crippen molar-refractivity contribution in [1.82, 2.24) is 15.2 Å². The Morgan fingerprint density at radius 1 is 1.40 bits per heavy atom. The highest BCUT2D eigenvalue weighted by Crippen LogP contribution is 2.36. The second kappa shape index (κ2) is 4.79. The number of nitrogens with zero attached hydrogens (tertiary/aromatic N) is 2. The summed E-state index contributed by atoms with van der Waals surface area (Å²) in [6.07, 6.45) is 2.71. The van der Waals surface area contributed by atoms with E-state index in [1.54, 1.807) is 11.3 Å². The van der Waals surface area contributed by atoms with Crippen LogP contribution in [0.5, 0.6) is 0 Å². The molecule has 3 nitrogen and oxygen atoms in total. The van der Waals surface area contributed by atoms with E-state index in [0.29, 0.717) is 5.41 Å². The van der Waals surface area contributed by atoms with E-state index in [4.69, 9.17) is 0 Å². The lowest BCUT2D eigenvalue weighted by Gasteiger charge is -2.22. The molecule has 1 spiro atoms. The van der Waals surface area contributed by atoms with Gasteiger partial charge in [0.1, 0.15) is 0 Å². The molecule has 0 aliphatic carbocycles. The van der Waals surface area contributed by atoms with Gasteiger partial charge in [0, 0.05) is 19.6 Å². The van der Waals surface area contributed by atoms with Gasteiger partial charge in [-0.1, -0.05) is 6.07 Å². The fourth-order valence-electron chi connectivity index (χ4n) is 3.75. The van der Waals surface area contributed by atoms with Crippen molar-refractivity contribution in [2.75, 3.05) is 26.2 Å². The van der Waals surface area contributed by atoms with Gasteiger partial charge in [-0.25, -0.2) is 4.98 Å². The van der Waals surface area contributed by atoms with E-state index >= 15 is 0 Å². The number of fused-ring (bicyclic) bond motifs is 1. The molecule has 0 bridgehead atoms. The number of aromatic nitrogens is 1. The van der Waals surface area contributed by atoms with Crippen LogP contribution in [-0.2, 0) is 6.54 Å². The summed E-state index contributed by atoms with van der Waals surface area (Å²) in [5.41, 5.74) is 3.15. The lowest BCUT2D eigenvalue weighted by Crippen LogP contribution is -2.28. The fraction of sp³-hybridized carbons (Fsp3) is 0.562. The van der Waals surface area contributed by atoms with Crippen molar-refractivity contribution in [2.24, 2.45) is 5.41 Å². The molecular weight excluding hydrogens is 266 g/mol. The average molecular weight is 287 g/mol. The van der Waals surface area contributed by atoms with E-state index in [1.165, 1.54) is 54.8 Å². The van der Waals surface area contributed by atoms with E-state index in [2.05, 4.69) is 40.3 Å². The summed E-state index contributed by atoms with van der Waals surface area (Å²) in [5, 5.41) is 4.69. The smallest absolute Gasteiger partial charge is 0.0907 e. The summed E-state index contributed by atoms with van der Waals surface area (Å²) in [5.74, 6) is 0. The molecule has 0 amide bonds. The van der Waals surface area contributed by atoms with Crippen molar-refractivity contribution in [2.45, 2.75) is 26.3 Å². The molecule has 2 aliphatic rings. The summed E-state index contributed by atoms with van der Waals surface area (Å²) < 4.78 is 1.31. The summed E-state index contributed by atoms with van der Waals surface area (Å²) in [4.78, 5) is 7.23. The molecule has 4 rings (SSSR count). The number of hydrogen-bond donors (Lipinski definition) is 1. The monoisotopic (exact) mass is 287 g/mol. The zero-order chi connectivity index (χ0) is 13.6. The van der Waals surface area contributed by atoms with Crippen LogP contribution >= 0.6 is 11.3 Å². The first-order valence-corrected chi connectivity index (χ1v) is 8.33. The van der Waals surface area contributed by atoms with Gasteiger partial charge in [-0.05, 0) is 56.0 Å². The number of benzene rings is 1. The van der Waals surface area contributed by atoms with Crippen molar-refractivity contribution in [3.8, 4) is 0 Å². The number of thiazole rings is 1. The molecule has 1 aromatic carbocycles. The van der Waals surface area contributed by atoms with Crippen LogP contribution < -0.4 is 5.32 Å². The third-order valence-electron chi connectivity index (χ3n) is 4.81. The molecule has 2 aromatic rings. The van der Waals surface area contributed by atoms with Crippen LogP contribution in [0.2, 0.25) is 0 Å². The Hall–Kier alpha value is -0.970. The molecule has 2 fully saturated rings. The maximum atomic E-state index is 4.61. The minimum Gasteiger partial charge on any atom is -0.316 e. The molecule has 3 heterocycles. The number of hydrogen-bond acceptors (Lipinski definition) is 4. The van der Waals surface area contributed by atoms with Crippen molar-refractivity contribution in [3.63, 3.8) is 0 Å². The highest BCUT2D eigenvalue weighted by molar-refractivity contribution is 7.18. The predicted molar refractivity (Wildman–Crippen MR) is 84.2 cm³/mol. The van der Waals surface area contributed by atoms with Gasteiger partial charge in [0.05, 0.1) is 15.2 Å². The van der Waals surface area contributed by atoms with Crippen LogP contribution in [0.15, 0.2) is 18.2 Å². The van der Waals surface area contributed by atoms with E-state index in [9.17, 15) is 0 Å². The molecule has 2 aliphatic heterocycles. The van der Waals surface area contributed by atoms with Gasteiger partial charge in [0.15, 0.2) is 0 Å². The summed E-state index contributed by atoms with van der Waals surface area (Å²) in [6.45, 7) is 8.09. The molecule has 20 heavy (non-hydrogen) atoms. The van der Waals surface area contributed by atoms with Crippen LogP contribution in [0.25, 0.3) is 10.2 Å². The molecule has 4 heteroatoms. The van der Waals surface area contributed by atoms with Crippen LogP contribution in [0, 0.1) is 12.3 Å². The Bertz CT molecular complexity index is 628. The van der Waals surface area contributed by atoms with Crippen LogP contribution in [0.4, 0.5) is 0 Å². The Morgan fingerprint density at radius 2 is 2.35 bits per heavy atom. The van der Waals surface area contributed by atoms with Gasteiger partial charge in [-0.3, -0.25) is 4.90 Å². The maximum Gasteiger partial charge on any atom is 0.0907 e. The predicted octanol–water partition coefficient (Wildman–Crippen LogP) is 2.79. The van der Waals surface area contributed by atoms with Crippen LogP contribution in [-0.4, -0.2) is 36.1 Å². The molecule has 1 unspecified atom stereocenters. The van der Waals surface area contributed by atoms with Gasteiger partial charge in [0.25, 0.3) is 0 Å². The molecule has 1 atom stereocenters. The molecule has 0 radical (unpaired) electrons. The zero-order valence-corrected chi connectivity index (χ0v) is 12.8. The van der Waals surface area contributed by atoms with Crippen molar-refractivity contribution < 1.29 is 0 Å². The Labute approximate surface area is 124 Å². The lowest BCUT2D eigenvalue weighted by atomic mass is 9.86. The van der Waals surface area contributed by atoms with Crippen LogP contribution in [0.3, 0.4) is 0 Å². The Kier molecular flexibility index (Phi) is 3.05. The van der Waals surface area contributed by atoms with Gasteiger partial charge in [-0.15, -0.1) is 11.3 Å². The second-order valence-corrected chi connectivity index (χ2v) is 7.66. The normalized spacial score (nSPS) is 27.1. The zero-order valence-electron chi connectivity index (χ0n) is 12.0. The summed E-state index contributed by atoms with van der Waals surface area (Å²) >= 11 is 1.79. The van der Waals surface area contributed by atoms with Gasteiger partial charge in [0.2, 0.25) is 0 Å². The van der Waals surface area contributed by atoms with Crippen molar-refractivity contribution in [3.05, 3.63) is 28.8 Å². The van der Waals surface area contributed by atoms with E-state index in [1.807, 2.05) is 0 Å². The molecule has 2 saturated heterocycles. The van der Waals surface area contributed by atoms with Crippen molar-refractivity contribution in [1.29, 1.82) is 0 Å². The fourth-order valence-corrected chi connectivity index (χ4v) is 4.56. The minimum absolute atomic E-state index is 0.571. The first kappa shape index (κ1) is 12.7. The van der Waals surface area contributed by atoms with Gasteiger partial charge >= 0.3 is 0 Å². The first-order valence-electron chi connectivity index (χ1n) is 7.52.